The van der Waals surface area contributed by atoms with Crippen LogP contribution >= 0.6 is 0 Å². The van der Waals surface area contributed by atoms with Crippen LogP contribution in [0.3, 0.4) is 0 Å². The minimum absolute atomic E-state index is 0.620. The van der Waals surface area contributed by atoms with Crippen molar-refractivity contribution >= 4 is 17.7 Å². The lowest BCUT2D eigenvalue weighted by molar-refractivity contribution is -0.262. The molecule has 0 aromatic rings. The number of ketones is 1. The molecule has 0 aromatic carbocycles. The van der Waals surface area contributed by atoms with E-state index in [1.165, 1.54) is 0 Å². The molecule has 1 rings (SSSR count). The van der Waals surface area contributed by atoms with Crippen LogP contribution in [0.15, 0.2) is 0 Å². The number of rotatable bonds is 0. The van der Waals surface area contributed by atoms with Crippen LogP contribution in [0.2, 0.25) is 0 Å². The molecule has 12 heavy (non-hydrogen) atoms. The second-order valence-corrected chi connectivity index (χ2v) is 2.62. The summed E-state index contributed by atoms with van der Waals surface area (Å²) in [5, 5.41) is 9.18. The summed E-state index contributed by atoms with van der Waals surface area (Å²) in [6.07, 6.45) is -0.620. The number of carbonyl (C=O) groups excluding carboxylic acids is 3. The van der Waals surface area contributed by atoms with Gasteiger partial charge in [0.25, 0.3) is 0 Å². The molecule has 1 aliphatic heterocycles. The van der Waals surface area contributed by atoms with Crippen molar-refractivity contribution < 1.29 is 29.3 Å². The summed E-state index contributed by atoms with van der Waals surface area (Å²) in [7, 11) is 0. The van der Waals surface area contributed by atoms with Crippen LogP contribution in [-0.4, -0.2) is 28.4 Å². The highest BCUT2D eigenvalue weighted by molar-refractivity contribution is 6.34. The van der Waals surface area contributed by atoms with Crippen molar-refractivity contribution in [1.82, 2.24) is 0 Å². The zero-order chi connectivity index (χ0) is 9.35. The quantitative estimate of drug-likeness (QED) is 0.363. The van der Waals surface area contributed by atoms with E-state index in [-0.39, 0.29) is 0 Å². The fourth-order valence-electron chi connectivity index (χ4n) is 0.669. The van der Waals surface area contributed by atoms with Crippen molar-refractivity contribution in [3.63, 3.8) is 0 Å². The minimum Gasteiger partial charge on any atom is -0.378 e. The molecule has 1 aliphatic rings. The van der Waals surface area contributed by atoms with Crippen LogP contribution in [0, 0.1) is 0 Å². The third-order valence-corrected chi connectivity index (χ3v) is 1.37. The molecule has 0 spiro atoms. The zero-order valence-corrected chi connectivity index (χ0v) is 6.20. The molecule has 0 aliphatic carbocycles. The summed E-state index contributed by atoms with van der Waals surface area (Å²) < 4.78 is 0. The van der Waals surface area contributed by atoms with Gasteiger partial charge >= 0.3 is 11.9 Å². The highest BCUT2D eigenvalue weighted by Crippen LogP contribution is 2.16. The first-order valence-electron chi connectivity index (χ1n) is 3.12. The normalized spacial score (nSPS) is 30.7. The molecule has 0 radical (unpaired) electrons. The molecular weight excluding hydrogens is 168 g/mol. The van der Waals surface area contributed by atoms with E-state index in [0.29, 0.717) is 0 Å². The molecule has 0 bridgehead atoms. The number of aliphatic hydroxyl groups is 1. The van der Waals surface area contributed by atoms with Crippen LogP contribution in [0.25, 0.3) is 0 Å². The van der Waals surface area contributed by atoms with Gasteiger partial charge in [0.1, 0.15) is 0 Å². The summed E-state index contributed by atoms with van der Waals surface area (Å²) >= 11 is 0. The lowest BCUT2D eigenvalue weighted by atomic mass is 10.0. The topological polar surface area (TPSA) is 89.9 Å². The lowest BCUT2D eigenvalue weighted by Gasteiger charge is -2.12. The van der Waals surface area contributed by atoms with Crippen LogP contribution in [0.5, 0.6) is 0 Å². The molecule has 1 fully saturated rings. The Balaban J connectivity index is 2.89. The number of Topliss-reactive ketones (excluding diaryl/α,β-unsaturated/α-hetero) is 1. The number of hydrogen-bond donors (Lipinski definition) is 1. The smallest absolute Gasteiger partial charge is 0.378 e. The average molecular weight is 174 g/mol. The van der Waals surface area contributed by atoms with Gasteiger partial charge in [0.2, 0.25) is 5.78 Å². The summed E-state index contributed by atoms with van der Waals surface area (Å²) in [4.78, 5) is 39.5. The van der Waals surface area contributed by atoms with E-state index in [2.05, 4.69) is 9.78 Å². The van der Waals surface area contributed by atoms with Crippen molar-refractivity contribution in [3.8, 4) is 0 Å². The van der Waals surface area contributed by atoms with Gasteiger partial charge in [-0.2, -0.15) is 0 Å². The van der Waals surface area contributed by atoms with E-state index < -0.39 is 29.7 Å². The van der Waals surface area contributed by atoms with Gasteiger partial charge in [0, 0.05) is 0 Å². The highest BCUT2D eigenvalue weighted by Gasteiger charge is 2.42. The Kier molecular flexibility index (Phi) is 1.85. The third kappa shape index (κ3) is 1.42. The fourth-order valence-corrected chi connectivity index (χ4v) is 0.669. The van der Waals surface area contributed by atoms with Crippen LogP contribution in [0.4, 0.5) is 0 Å². The van der Waals surface area contributed by atoms with Crippen molar-refractivity contribution in [3.05, 3.63) is 0 Å². The summed E-state index contributed by atoms with van der Waals surface area (Å²) in [5.74, 6) is -3.42. The average Bonchev–Trinajstić information content (AvgIpc) is 2.03. The summed E-state index contributed by atoms with van der Waals surface area (Å²) in [5.41, 5.74) is -1.98. The third-order valence-electron chi connectivity index (χ3n) is 1.37. The Morgan fingerprint density at radius 2 is 1.92 bits per heavy atom. The first kappa shape index (κ1) is 8.66. The van der Waals surface area contributed by atoms with Crippen molar-refractivity contribution in [1.29, 1.82) is 0 Å². The molecule has 66 valence electrons. The fraction of sp³-hybridized carbons (Fsp3) is 0.500. The second-order valence-electron chi connectivity index (χ2n) is 2.62. The summed E-state index contributed by atoms with van der Waals surface area (Å²) in [6.45, 7) is 1.06. The second kappa shape index (κ2) is 2.56. The molecular formula is C6H6O6. The Morgan fingerprint density at radius 1 is 1.33 bits per heavy atom. The number of hydrogen-bond acceptors (Lipinski definition) is 6. The Bertz CT molecular complexity index is 253. The lowest BCUT2D eigenvalue weighted by Crippen LogP contribution is -2.36. The van der Waals surface area contributed by atoms with E-state index in [4.69, 9.17) is 0 Å². The Hall–Kier alpha value is -1.43. The van der Waals surface area contributed by atoms with Gasteiger partial charge in [-0.15, -0.1) is 0 Å². The van der Waals surface area contributed by atoms with Gasteiger partial charge in [0.05, 0.1) is 6.42 Å². The van der Waals surface area contributed by atoms with E-state index in [1.54, 1.807) is 0 Å². The molecule has 0 aromatic heterocycles. The zero-order valence-electron chi connectivity index (χ0n) is 6.20. The molecule has 1 saturated heterocycles. The van der Waals surface area contributed by atoms with Crippen molar-refractivity contribution in [2.24, 2.45) is 0 Å². The van der Waals surface area contributed by atoms with E-state index in [0.717, 1.165) is 6.92 Å². The molecule has 0 amide bonds. The van der Waals surface area contributed by atoms with E-state index in [9.17, 15) is 19.5 Å². The maximum Gasteiger partial charge on any atom is 0.421 e. The molecule has 0 saturated carbocycles. The standard InChI is InChI=1S/C6H6O6/c1-6(10)2-3(7)4(8)11-12-5(6)9/h10H,2H2,1H3. The maximum atomic E-state index is 10.7. The predicted octanol–water partition coefficient (Wildman–Crippen LogP) is -1.29. The largest absolute Gasteiger partial charge is 0.421 e. The van der Waals surface area contributed by atoms with Crippen LogP contribution in [0.1, 0.15) is 13.3 Å². The summed E-state index contributed by atoms with van der Waals surface area (Å²) in [6, 6.07) is 0. The first-order chi connectivity index (χ1) is 5.43. The monoisotopic (exact) mass is 174 g/mol. The molecule has 1 unspecified atom stereocenters. The van der Waals surface area contributed by atoms with Gasteiger partial charge in [-0.25, -0.2) is 19.4 Å². The van der Waals surface area contributed by atoms with Crippen LogP contribution in [-0.2, 0) is 24.2 Å². The molecule has 1 atom stereocenters. The SMILES string of the molecule is CC1(O)CC(=O)C(=O)OOC1=O. The number of carbonyl (C=O) groups is 3. The van der Waals surface area contributed by atoms with Crippen molar-refractivity contribution in [2.75, 3.05) is 0 Å². The van der Waals surface area contributed by atoms with Crippen molar-refractivity contribution in [2.45, 2.75) is 18.9 Å². The maximum absolute atomic E-state index is 10.7. The van der Waals surface area contributed by atoms with Gasteiger partial charge < -0.3 is 5.11 Å². The van der Waals surface area contributed by atoms with E-state index >= 15 is 0 Å². The molecule has 6 nitrogen and oxygen atoms in total. The van der Waals surface area contributed by atoms with E-state index in [1.807, 2.05) is 0 Å². The minimum atomic E-state index is -1.98. The van der Waals surface area contributed by atoms with Crippen LogP contribution < -0.4 is 0 Å². The van der Waals surface area contributed by atoms with Gasteiger partial charge in [0.15, 0.2) is 5.60 Å². The molecule has 1 N–H and O–H groups in total. The molecule has 1 heterocycles. The Labute approximate surface area is 67.0 Å². The Morgan fingerprint density at radius 3 is 2.50 bits per heavy atom. The van der Waals surface area contributed by atoms with Gasteiger partial charge in [-0.1, -0.05) is 0 Å². The van der Waals surface area contributed by atoms with Gasteiger partial charge in [-0.05, 0) is 6.92 Å². The predicted molar refractivity (Wildman–Crippen MR) is 32.4 cm³/mol. The molecule has 6 heteroatoms. The highest BCUT2D eigenvalue weighted by atomic mass is 17.2. The van der Waals surface area contributed by atoms with Gasteiger partial charge in [-0.3, -0.25) is 4.79 Å². The first-order valence-corrected chi connectivity index (χ1v) is 3.12.